The summed E-state index contributed by atoms with van der Waals surface area (Å²) in [5, 5.41) is 18.3. The molecule has 0 spiro atoms. The fraction of sp³-hybridized carbons (Fsp3) is 0.875. The quantitative estimate of drug-likeness (QED) is 0.582. The summed E-state index contributed by atoms with van der Waals surface area (Å²) < 4.78 is 2.06. The molecule has 1 fully saturated rings. The molecule has 0 aromatic carbocycles. The highest BCUT2D eigenvalue weighted by Crippen LogP contribution is 2.28. The minimum atomic E-state index is -0.610. The van der Waals surface area contributed by atoms with E-state index in [2.05, 4.69) is 32.0 Å². The van der Waals surface area contributed by atoms with Crippen molar-refractivity contribution in [3.05, 3.63) is 0 Å². The van der Waals surface area contributed by atoms with Gasteiger partial charge >= 0.3 is 0 Å². The average Bonchev–Trinajstić information content (AvgIpc) is 1.82. The number of halogens is 1. The number of nitrogens with zero attached hydrogens (tertiary/aromatic N) is 2. The van der Waals surface area contributed by atoms with Gasteiger partial charge in [0.1, 0.15) is 0 Å². The summed E-state index contributed by atoms with van der Waals surface area (Å²) in [6, 6.07) is 2.15. The molecule has 0 bridgehead atoms. The van der Waals surface area contributed by atoms with Gasteiger partial charge in [-0.05, 0) is 19.3 Å². The Morgan fingerprint density at radius 1 is 1.83 bits per heavy atom. The van der Waals surface area contributed by atoms with Crippen LogP contribution in [-0.4, -0.2) is 26.9 Å². The van der Waals surface area contributed by atoms with Gasteiger partial charge in [-0.1, -0.05) is 0 Å². The van der Waals surface area contributed by atoms with E-state index >= 15 is 0 Å². The molecule has 1 aliphatic rings. The summed E-state index contributed by atoms with van der Waals surface area (Å²) in [5.41, 5.74) is -0.610. The van der Waals surface area contributed by atoms with Crippen molar-refractivity contribution >= 4 is 22.9 Å². The highest BCUT2D eigenvalue weighted by Gasteiger charge is 2.33. The van der Waals surface area contributed by atoms with E-state index < -0.39 is 5.60 Å². The highest BCUT2D eigenvalue weighted by molar-refractivity contribution is 14.1. The lowest BCUT2D eigenvalue weighted by molar-refractivity contribution is -0.00489. The van der Waals surface area contributed by atoms with Gasteiger partial charge in [0.05, 0.1) is 11.7 Å². The Kier molecular flexibility index (Phi) is 3.32. The highest BCUT2D eigenvalue weighted by atomic mass is 127. The van der Waals surface area contributed by atoms with E-state index in [4.69, 9.17) is 5.26 Å². The first kappa shape index (κ1) is 10.2. The maximum absolute atomic E-state index is 9.79. The third-order valence-corrected chi connectivity index (χ3v) is 2.81. The van der Waals surface area contributed by atoms with E-state index in [0.717, 1.165) is 13.0 Å². The molecule has 1 saturated heterocycles. The summed E-state index contributed by atoms with van der Waals surface area (Å²) in [6.45, 7) is 3.46. The lowest BCUT2D eigenvalue weighted by Gasteiger charge is -2.37. The van der Waals surface area contributed by atoms with Crippen LogP contribution in [0.25, 0.3) is 0 Å². The summed E-state index contributed by atoms with van der Waals surface area (Å²) in [5.74, 6) is 0.329. The Bertz CT molecular complexity index is 200. The van der Waals surface area contributed by atoms with E-state index in [1.165, 1.54) is 0 Å². The fourth-order valence-corrected chi connectivity index (χ4v) is 3.02. The second-order valence-electron chi connectivity index (χ2n) is 3.73. The van der Waals surface area contributed by atoms with Gasteiger partial charge < -0.3 is 5.11 Å². The van der Waals surface area contributed by atoms with E-state index in [9.17, 15) is 5.11 Å². The van der Waals surface area contributed by atoms with Crippen LogP contribution in [0, 0.1) is 17.2 Å². The van der Waals surface area contributed by atoms with Crippen LogP contribution in [0.1, 0.15) is 19.8 Å². The molecule has 2 unspecified atom stereocenters. The molecule has 0 saturated carbocycles. The van der Waals surface area contributed by atoms with Gasteiger partial charge in [-0.25, -0.2) is 3.11 Å². The van der Waals surface area contributed by atoms with Crippen LogP contribution in [0.4, 0.5) is 0 Å². The van der Waals surface area contributed by atoms with Crippen molar-refractivity contribution in [1.29, 1.82) is 5.26 Å². The summed E-state index contributed by atoms with van der Waals surface area (Å²) in [4.78, 5) is 0. The Balaban J connectivity index is 2.53. The molecular weight excluding hydrogens is 267 g/mol. The molecule has 2 atom stereocenters. The van der Waals surface area contributed by atoms with Crippen molar-refractivity contribution < 1.29 is 5.11 Å². The molecule has 68 valence electrons. The molecule has 0 amide bonds. The number of aliphatic hydroxyl groups is 1. The lowest BCUT2D eigenvalue weighted by atomic mass is 9.86. The van der Waals surface area contributed by atoms with Gasteiger partial charge in [-0.2, -0.15) is 5.26 Å². The molecule has 0 radical (unpaired) electrons. The maximum atomic E-state index is 9.79. The van der Waals surface area contributed by atoms with Gasteiger partial charge in [-0.15, -0.1) is 0 Å². The second kappa shape index (κ2) is 3.90. The van der Waals surface area contributed by atoms with Crippen LogP contribution < -0.4 is 0 Å². The summed E-state index contributed by atoms with van der Waals surface area (Å²) in [7, 11) is 0. The van der Waals surface area contributed by atoms with Crippen molar-refractivity contribution in [1.82, 2.24) is 3.11 Å². The molecule has 12 heavy (non-hydrogen) atoms. The molecule has 1 heterocycles. The van der Waals surface area contributed by atoms with Crippen molar-refractivity contribution in [3.8, 4) is 6.07 Å². The smallest absolute Gasteiger partial charge is 0.0757 e. The average molecular weight is 280 g/mol. The third-order valence-electron chi connectivity index (χ3n) is 2.08. The standard InChI is InChI=1S/C8H13IN2O/c1-8(12)4-7(2-3-10)5-11(9)6-8/h7,12H,2,4-6H2,1H3. The number of rotatable bonds is 1. The largest absolute Gasteiger partial charge is 0.389 e. The number of hydrogen-bond acceptors (Lipinski definition) is 3. The van der Waals surface area contributed by atoms with Gasteiger partial charge in [0.25, 0.3) is 0 Å². The molecule has 1 aliphatic heterocycles. The second-order valence-corrected chi connectivity index (χ2v) is 5.10. The van der Waals surface area contributed by atoms with Crippen molar-refractivity contribution in [3.63, 3.8) is 0 Å². The Labute approximate surface area is 86.9 Å². The number of nitriles is 1. The van der Waals surface area contributed by atoms with Gasteiger partial charge in [0.15, 0.2) is 0 Å². The molecular formula is C8H13IN2O. The van der Waals surface area contributed by atoms with Crippen LogP contribution in [0.3, 0.4) is 0 Å². The van der Waals surface area contributed by atoms with Crippen molar-refractivity contribution in [2.45, 2.75) is 25.4 Å². The van der Waals surface area contributed by atoms with Crippen molar-refractivity contribution in [2.75, 3.05) is 13.1 Å². The van der Waals surface area contributed by atoms with Crippen molar-refractivity contribution in [2.24, 2.45) is 5.92 Å². The van der Waals surface area contributed by atoms with Gasteiger partial charge in [-0.3, -0.25) is 0 Å². The molecule has 0 aromatic rings. The molecule has 3 nitrogen and oxygen atoms in total. The number of piperidine rings is 1. The van der Waals surface area contributed by atoms with Gasteiger partial charge in [0.2, 0.25) is 0 Å². The summed E-state index contributed by atoms with van der Waals surface area (Å²) in [6.07, 6.45) is 1.30. The lowest BCUT2D eigenvalue weighted by Crippen LogP contribution is -2.45. The van der Waals surface area contributed by atoms with Gasteiger partial charge in [0, 0.05) is 42.4 Å². The first-order valence-electron chi connectivity index (χ1n) is 4.03. The normalized spacial score (nSPS) is 37.7. The molecule has 0 aliphatic carbocycles. The Morgan fingerprint density at radius 3 is 3.00 bits per heavy atom. The third kappa shape index (κ3) is 2.88. The fourth-order valence-electron chi connectivity index (χ4n) is 1.73. The Hall–Kier alpha value is 0.140. The summed E-state index contributed by atoms with van der Waals surface area (Å²) >= 11 is 2.20. The van der Waals surface area contributed by atoms with E-state index in [0.29, 0.717) is 18.9 Å². The van der Waals surface area contributed by atoms with Crippen LogP contribution in [0.15, 0.2) is 0 Å². The predicted molar refractivity (Wildman–Crippen MR) is 54.6 cm³/mol. The first-order chi connectivity index (χ1) is 5.53. The zero-order valence-electron chi connectivity index (χ0n) is 7.13. The zero-order chi connectivity index (χ0) is 9.19. The molecule has 1 rings (SSSR count). The number of β-amino-alcohol motifs (C(OH)–C–C–N with tert-alkyl or cyclic N) is 1. The van der Waals surface area contributed by atoms with Crippen LogP contribution >= 0.6 is 22.9 Å². The van der Waals surface area contributed by atoms with E-state index in [1.54, 1.807) is 0 Å². The maximum Gasteiger partial charge on any atom is 0.0757 e. The topological polar surface area (TPSA) is 47.3 Å². The van der Waals surface area contributed by atoms with Crippen LogP contribution in [0.5, 0.6) is 0 Å². The van der Waals surface area contributed by atoms with Crippen LogP contribution in [-0.2, 0) is 0 Å². The molecule has 4 heteroatoms. The SMILES string of the molecule is CC1(O)CC(CC#N)CN(I)C1. The number of hydrogen-bond donors (Lipinski definition) is 1. The predicted octanol–water partition coefficient (Wildman–Crippen LogP) is 1.32. The minimum Gasteiger partial charge on any atom is -0.389 e. The Morgan fingerprint density at radius 2 is 2.50 bits per heavy atom. The van der Waals surface area contributed by atoms with E-state index in [1.807, 2.05) is 6.92 Å². The first-order valence-corrected chi connectivity index (χ1v) is 5.00. The van der Waals surface area contributed by atoms with Crippen LogP contribution in [0.2, 0.25) is 0 Å². The molecule has 1 N–H and O–H groups in total. The monoisotopic (exact) mass is 280 g/mol. The zero-order valence-corrected chi connectivity index (χ0v) is 9.28. The minimum absolute atomic E-state index is 0.329. The van der Waals surface area contributed by atoms with E-state index in [-0.39, 0.29) is 0 Å². The molecule has 0 aromatic heterocycles.